The van der Waals surface area contributed by atoms with Crippen LogP contribution in [0.2, 0.25) is 0 Å². The quantitative estimate of drug-likeness (QED) is 0.143. The molecule has 0 N–H and O–H groups in total. The fraction of sp³-hybridized carbons (Fsp3) is 0.0702. The van der Waals surface area contributed by atoms with E-state index < -0.39 is 0 Å². The van der Waals surface area contributed by atoms with Crippen LogP contribution in [-0.2, 0) is 0 Å². The van der Waals surface area contributed by atoms with Crippen molar-refractivity contribution in [2.75, 3.05) is 0 Å². The van der Waals surface area contributed by atoms with E-state index >= 15 is 0 Å². The Kier molecular flexibility index (Phi) is 10.7. The van der Waals surface area contributed by atoms with Gasteiger partial charge in [-0.15, -0.1) is 0 Å². The maximum atomic E-state index is 5.23. The predicted molar refractivity (Wildman–Crippen MR) is 259 cm³/mol. The lowest BCUT2D eigenvalue weighted by Gasteiger charge is -2.20. The van der Waals surface area contributed by atoms with Gasteiger partial charge < -0.3 is 0 Å². The number of aromatic nitrogens is 7. The Morgan fingerprint density at radius 3 is 1.20 bits per heavy atom. The highest BCUT2D eigenvalue weighted by molar-refractivity contribution is 5.99. The van der Waals surface area contributed by atoms with Crippen molar-refractivity contribution >= 4 is 0 Å². The molecule has 306 valence electrons. The smallest absolute Gasteiger partial charge is 0.164 e. The fourth-order valence-corrected chi connectivity index (χ4v) is 8.10. The third kappa shape index (κ3) is 8.10. The van der Waals surface area contributed by atoms with Crippen molar-refractivity contribution in [2.24, 2.45) is 0 Å². The zero-order valence-corrected chi connectivity index (χ0v) is 36.0. The number of nitrogens with zero attached hydrogens (tertiary/aromatic N) is 7. The Morgan fingerprint density at radius 2 is 0.656 bits per heavy atom. The monoisotopic (exact) mass is 825 g/mol. The molecule has 0 saturated carbocycles. The predicted octanol–water partition coefficient (Wildman–Crippen LogP) is 13.7. The zero-order chi connectivity index (χ0) is 43.6. The highest BCUT2D eigenvalue weighted by atomic mass is 15.0. The largest absolute Gasteiger partial charge is 0.258 e. The van der Waals surface area contributed by atoms with E-state index in [0.29, 0.717) is 34.9 Å². The van der Waals surface area contributed by atoms with Gasteiger partial charge in [0.05, 0.1) is 0 Å². The molecule has 0 spiro atoms. The molecule has 10 rings (SSSR count). The SMILES string of the molecule is Cc1ccc(-c2nc(-c3ccc(C)cc3)nc(-c3ccccc3-c3c(-c4cccc(-c5nc(-c6ccccc6)nc(-c6ccccc6)n5)c4)cccc3-c3ccc(C)nc3C)n2)cc1. The van der Waals surface area contributed by atoms with Gasteiger partial charge in [-0.2, -0.15) is 0 Å². The van der Waals surface area contributed by atoms with Crippen LogP contribution in [0.4, 0.5) is 0 Å². The minimum atomic E-state index is 0.581. The Bertz CT molecular complexity index is 3170. The Balaban J connectivity index is 1.19. The number of hydrogen-bond acceptors (Lipinski definition) is 7. The van der Waals surface area contributed by atoms with Crippen molar-refractivity contribution in [2.45, 2.75) is 27.7 Å². The van der Waals surface area contributed by atoms with E-state index in [2.05, 4.69) is 148 Å². The van der Waals surface area contributed by atoms with Crippen molar-refractivity contribution in [3.8, 4) is 102 Å². The molecule has 0 bridgehead atoms. The van der Waals surface area contributed by atoms with E-state index in [1.165, 1.54) is 11.1 Å². The lowest BCUT2D eigenvalue weighted by molar-refractivity contribution is 1.07. The van der Waals surface area contributed by atoms with Crippen molar-refractivity contribution in [1.29, 1.82) is 0 Å². The van der Waals surface area contributed by atoms with Crippen LogP contribution in [0.1, 0.15) is 22.5 Å². The molecule has 0 aliphatic rings. The second-order valence-corrected chi connectivity index (χ2v) is 16.0. The number of benzene rings is 7. The van der Waals surface area contributed by atoms with Gasteiger partial charge >= 0.3 is 0 Å². The molecule has 7 heteroatoms. The lowest BCUT2D eigenvalue weighted by Crippen LogP contribution is -2.02. The average molecular weight is 826 g/mol. The highest BCUT2D eigenvalue weighted by Gasteiger charge is 2.22. The second kappa shape index (κ2) is 17.2. The fourth-order valence-electron chi connectivity index (χ4n) is 8.10. The van der Waals surface area contributed by atoms with Gasteiger partial charge in [0.15, 0.2) is 34.9 Å². The number of aryl methyl sites for hydroxylation is 4. The van der Waals surface area contributed by atoms with Crippen LogP contribution >= 0.6 is 0 Å². The van der Waals surface area contributed by atoms with E-state index in [1.54, 1.807) is 0 Å². The molecule has 0 unspecified atom stereocenters. The standard InChI is InChI=1S/C57H43N7/c1-36-25-30-42(31-26-36)54-60-55(43-32-27-37(2)28-33-43)64-57(63-54)50-22-12-11-21-49(50)51-47(23-14-24-48(51)46-34-29-38(3)58-39(46)4)44-19-13-20-45(35-44)56-61-52(40-15-7-5-8-16-40)59-53(62-56)41-17-9-6-10-18-41/h5-35H,1-4H3. The molecule has 3 aromatic heterocycles. The molecule has 0 fully saturated rings. The zero-order valence-electron chi connectivity index (χ0n) is 36.0. The van der Waals surface area contributed by atoms with Crippen LogP contribution in [0.25, 0.3) is 102 Å². The summed E-state index contributed by atoms with van der Waals surface area (Å²) in [7, 11) is 0. The molecule has 0 saturated heterocycles. The molecular weight excluding hydrogens is 783 g/mol. The minimum Gasteiger partial charge on any atom is -0.258 e. The van der Waals surface area contributed by atoms with Crippen LogP contribution in [0.5, 0.6) is 0 Å². The summed E-state index contributed by atoms with van der Waals surface area (Å²) in [6.45, 7) is 8.27. The highest BCUT2D eigenvalue weighted by Crippen LogP contribution is 2.45. The van der Waals surface area contributed by atoms with Gasteiger partial charge in [0.2, 0.25) is 0 Å². The van der Waals surface area contributed by atoms with Crippen molar-refractivity contribution in [1.82, 2.24) is 34.9 Å². The van der Waals surface area contributed by atoms with Crippen molar-refractivity contribution in [3.05, 3.63) is 211 Å². The van der Waals surface area contributed by atoms with Crippen LogP contribution in [-0.4, -0.2) is 34.9 Å². The summed E-state index contributed by atoms with van der Waals surface area (Å²) in [6, 6.07) is 64.4. The molecule has 0 amide bonds. The van der Waals surface area contributed by atoms with Crippen molar-refractivity contribution in [3.63, 3.8) is 0 Å². The van der Waals surface area contributed by atoms with Gasteiger partial charge in [0.1, 0.15) is 0 Å². The van der Waals surface area contributed by atoms with Gasteiger partial charge in [-0.1, -0.05) is 187 Å². The van der Waals surface area contributed by atoms with E-state index in [-0.39, 0.29) is 0 Å². The maximum absolute atomic E-state index is 5.23. The second-order valence-electron chi connectivity index (χ2n) is 16.0. The molecule has 3 heterocycles. The minimum absolute atomic E-state index is 0.581. The van der Waals surface area contributed by atoms with Crippen LogP contribution < -0.4 is 0 Å². The summed E-state index contributed by atoms with van der Waals surface area (Å²) < 4.78 is 0. The third-order valence-corrected chi connectivity index (χ3v) is 11.4. The van der Waals surface area contributed by atoms with Gasteiger partial charge in [-0.05, 0) is 67.6 Å². The first-order valence-corrected chi connectivity index (χ1v) is 21.4. The van der Waals surface area contributed by atoms with Gasteiger partial charge in [-0.3, -0.25) is 4.98 Å². The van der Waals surface area contributed by atoms with Gasteiger partial charge in [0, 0.05) is 50.3 Å². The summed E-state index contributed by atoms with van der Waals surface area (Å²) >= 11 is 0. The van der Waals surface area contributed by atoms with E-state index in [0.717, 1.165) is 78.1 Å². The molecule has 0 aliphatic carbocycles. The van der Waals surface area contributed by atoms with Crippen molar-refractivity contribution < 1.29 is 0 Å². The van der Waals surface area contributed by atoms with Gasteiger partial charge in [-0.25, -0.2) is 29.9 Å². The topological polar surface area (TPSA) is 90.2 Å². The first-order chi connectivity index (χ1) is 31.3. The summed E-state index contributed by atoms with van der Waals surface area (Å²) in [5.74, 6) is 3.61. The molecular formula is C57H43N7. The Hall–Kier alpha value is -8.29. The maximum Gasteiger partial charge on any atom is 0.164 e. The van der Waals surface area contributed by atoms with Crippen LogP contribution in [0, 0.1) is 27.7 Å². The van der Waals surface area contributed by atoms with Gasteiger partial charge in [0.25, 0.3) is 0 Å². The number of rotatable bonds is 9. The first-order valence-electron chi connectivity index (χ1n) is 21.4. The molecule has 0 radical (unpaired) electrons. The molecule has 64 heavy (non-hydrogen) atoms. The summed E-state index contributed by atoms with van der Waals surface area (Å²) in [5.41, 5.74) is 15.8. The molecule has 0 atom stereocenters. The number of hydrogen-bond donors (Lipinski definition) is 0. The molecule has 0 aliphatic heterocycles. The first kappa shape index (κ1) is 39.8. The molecule has 7 nitrogen and oxygen atoms in total. The van der Waals surface area contributed by atoms with Crippen LogP contribution in [0.3, 0.4) is 0 Å². The average Bonchev–Trinajstić information content (AvgIpc) is 3.34. The van der Waals surface area contributed by atoms with Crippen LogP contribution in [0.15, 0.2) is 188 Å². The normalized spacial score (nSPS) is 11.1. The molecule has 10 aromatic rings. The lowest BCUT2D eigenvalue weighted by atomic mass is 9.85. The summed E-state index contributed by atoms with van der Waals surface area (Å²) in [5, 5.41) is 0. The summed E-state index contributed by atoms with van der Waals surface area (Å²) in [4.78, 5) is 35.5. The third-order valence-electron chi connectivity index (χ3n) is 11.4. The Morgan fingerprint density at radius 1 is 0.250 bits per heavy atom. The molecule has 7 aromatic carbocycles. The van der Waals surface area contributed by atoms with E-state index in [1.807, 2.05) is 67.6 Å². The number of pyridine rings is 1. The van der Waals surface area contributed by atoms with E-state index in [4.69, 9.17) is 34.9 Å². The Labute approximate surface area is 373 Å². The van der Waals surface area contributed by atoms with E-state index in [9.17, 15) is 0 Å². The summed E-state index contributed by atoms with van der Waals surface area (Å²) in [6.07, 6.45) is 0.